The normalized spacial score (nSPS) is 26.5. The fourth-order valence-electron chi connectivity index (χ4n) is 3.14. The number of benzene rings is 1. The number of anilines is 1. The number of amides is 2. The molecule has 0 aromatic heterocycles. The van der Waals surface area contributed by atoms with E-state index >= 15 is 0 Å². The third-order valence-corrected chi connectivity index (χ3v) is 4.53. The number of fused-ring (bicyclic) bond motifs is 1. The highest BCUT2D eigenvalue weighted by Gasteiger charge is 2.33. The van der Waals surface area contributed by atoms with Gasteiger partial charge in [0.25, 0.3) is 0 Å². The quantitative estimate of drug-likeness (QED) is 0.768. The molecular formula is C16H21ClFN3O2. The first kappa shape index (κ1) is 17.7. The summed E-state index contributed by atoms with van der Waals surface area (Å²) >= 11 is 0. The molecule has 3 atom stereocenters. The predicted molar refractivity (Wildman–Crippen MR) is 88.2 cm³/mol. The van der Waals surface area contributed by atoms with E-state index < -0.39 is 11.7 Å². The van der Waals surface area contributed by atoms with E-state index in [0.29, 0.717) is 17.2 Å². The zero-order valence-corrected chi connectivity index (χ0v) is 13.7. The van der Waals surface area contributed by atoms with Crippen molar-refractivity contribution in [2.75, 3.05) is 18.4 Å². The fraction of sp³-hybridized carbons (Fsp3) is 0.500. The Balaban J connectivity index is 0.00000192. The second-order valence-electron chi connectivity index (χ2n) is 6.12. The Bertz CT molecular complexity index is 611. The monoisotopic (exact) mass is 341 g/mol. The Morgan fingerprint density at radius 1 is 1.39 bits per heavy atom. The van der Waals surface area contributed by atoms with Gasteiger partial charge in [-0.1, -0.05) is 13.0 Å². The smallest absolute Gasteiger partial charge is 0.228 e. The number of hydrogen-bond acceptors (Lipinski definition) is 3. The summed E-state index contributed by atoms with van der Waals surface area (Å²) in [5, 5.41) is 8.93. The average molecular weight is 342 g/mol. The highest BCUT2D eigenvalue weighted by atomic mass is 35.5. The molecule has 0 radical (unpaired) electrons. The van der Waals surface area contributed by atoms with Gasteiger partial charge in [-0.05, 0) is 36.6 Å². The molecule has 1 aromatic carbocycles. The number of piperidine rings is 1. The lowest BCUT2D eigenvalue weighted by Gasteiger charge is -2.32. The van der Waals surface area contributed by atoms with Crippen LogP contribution in [0.5, 0.6) is 0 Å². The minimum absolute atomic E-state index is 0. The van der Waals surface area contributed by atoms with E-state index in [0.717, 1.165) is 19.5 Å². The molecule has 126 valence electrons. The minimum atomic E-state index is -0.557. The van der Waals surface area contributed by atoms with Crippen LogP contribution in [0.2, 0.25) is 0 Å². The number of rotatable bonds is 2. The molecule has 0 bridgehead atoms. The van der Waals surface area contributed by atoms with Gasteiger partial charge < -0.3 is 16.0 Å². The molecule has 2 aliphatic heterocycles. The minimum Gasteiger partial charge on any atom is -0.351 e. The Hall–Kier alpha value is -1.66. The van der Waals surface area contributed by atoms with Crippen molar-refractivity contribution in [1.82, 2.24) is 10.6 Å². The lowest BCUT2D eigenvalue weighted by molar-refractivity contribution is -0.127. The van der Waals surface area contributed by atoms with Gasteiger partial charge in [0.2, 0.25) is 11.8 Å². The van der Waals surface area contributed by atoms with Crippen molar-refractivity contribution in [3.63, 3.8) is 0 Å². The van der Waals surface area contributed by atoms with Crippen LogP contribution in [0.1, 0.15) is 31.2 Å². The molecule has 23 heavy (non-hydrogen) atoms. The first-order chi connectivity index (χ1) is 10.5. The zero-order chi connectivity index (χ0) is 15.7. The lowest BCUT2D eigenvalue weighted by Crippen LogP contribution is -2.51. The molecular weight excluding hydrogens is 321 g/mol. The second-order valence-corrected chi connectivity index (χ2v) is 6.12. The number of carbonyl (C=O) groups excluding carboxylic acids is 2. The van der Waals surface area contributed by atoms with Gasteiger partial charge in [0, 0.05) is 24.7 Å². The van der Waals surface area contributed by atoms with E-state index in [4.69, 9.17) is 0 Å². The van der Waals surface area contributed by atoms with Crippen LogP contribution < -0.4 is 16.0 Å². The highest BCUT2D eigenvalue weighted by Crippen LogP contribution is 2.33. The van der Waals surface area contributed by atoms with Gasteiger partial charge in [-0.2, -0.15) is 0 Å². The van der Waals surface area contributed by atoms with Crippen LogP contribution >= 0.6 is 12.4 Å². The fourth-order valence-corrected chi connectivity index (χ4v) is 3.14. The van der Waals surface area contributed by atoms with Crippen molar-refractivity contribution in [3.05, 3.63) is 29.6 Å². The third kappa shape index (κ3) is 3.82. The summed E-state index contributed by atoms with van der Waals surface area (Å²) in [7, 11) is 0. The number of hydrogen-bond donors (Lipinski definition) is 3. The van der Waals surface area contributed by atoms with Gasteiger partial charge in [0.15, 0.2) is 0 Å². The first-order valence-corrected chi connectivity index (χ1v) is 7.65. The largest absolute Gasteiger partial charge is 0.351 e. The van der Waals surface area contributed by atoms with E-state index in [9.17, 15) is 14.0 Å². The SMILES string of the molecule is CC1CCNCC1NC(=O)C1CC(=O)Nc2cc(F)ccc21.Cl. The van der Waals surface area contributed by atoms with Crippen LogP contribution in [-0.4, -0.2) is 30.9 Å². The van der Waals surface area contributed by atoms with Gasteiger partial charge >= 0.3 is 0 Å². The molecule has 0 aliphatic carbocycles. The molecule has 0 saturated carbocycles. The summed E-state index contributed by atoms with van der Waals surface area (Å²) in [6, 6.07) is 4.23. The standard InChI is InChI=1S/C16H20FN3O2.ClH/c1-9-4-5-18-8-14(9)20-16(22)12-7-15(21)19-13-6-10(17)2-3-11(12)13;/h2-3,6,9,12,14,18H,4-5,7-8H2,1H3,(H,19,21)(H,20,22);1H. The van der Waals surface area contributed by atoms with Crippen LogP contribution in [-0.2, 0) is 9.59 Å². The third-order valence-electron chi connectivity index (χ3n) is 4.53. The molecule has 2 heterocycles. The molecule has 3 N–H and O–H groups in total. The Morgan fingerprint density at radius 3 is 2.91 bits per heavy atom. The Morgan fingerprint density at radius 2 is 2.17 bits per heavy atom. The van der Waals surface area contributed by atoms with Crippen molar-refractivity contribution in [3.8, 4) is 0 Å². The molecule has 3 rings (SSSR count). The van der Waals surface area contributed by atoms with Crippen LogP contribution in [0.25, 0.3) is 0 Å². The molecule has 1 fully saturated rings. The maximum absolute atomic E-state index is 13.3. The van der Waals surface area contributed by atoms with E-state index in [1.54, 1.807) is 6.07 Å². The summed E-state index contributed by atoms with van der Waals surface area (Å²) < 4.78 is 13.3. The molecule has 5 nitrogen and oxygen atoms in total. The van der Waals surface area contributed by atoms with Crippen molar-refractivity contribution in [2.24, 2.45) is 5.92 Å². The number of nitrogens with one attached hydrogen (secondary N) is 3. The van der Waals surface area contributed by atoms with Crippen molar-refractivity contribution in [1.29, 1.82) is 0 Å². The van der Waals surface area contributed by atoms with E-state index in [2.05, 4.69) is 22.9 Å². The summed E-state index contributed by atoms with van der Waals surface area (Å²) in [6.45, 7) is 3.81. The van der Waals surface area contributed by atoms with Crippen molar-refractivity contribution in [2.45, 2.75) is 31.7 Å². The molecule has 0 spiro atoms. The number of carbonyl (C=O) groups is 2. The molecule has 7 heteroatoms. The predicted octanol–water partition coefficient (Wildman–Crippen LogP) is 1.79. The number of halogens is 2. The first-order valence-electron chi connectivity index (χ1n) is 7.65. The van der Waals surface area contributed by atoms with Crippen LogP contribution in [0.15, 0.2) is 18.2 Å². The topological polar surface area (TPSA) is 70.2 Å². The molecule has 1 aromatic rings. The lowest BCUT2D eigenvalue weighted by atomic mass is 9.88. The Kier molecular flexibility index (Phi) is 5.59. The van der Waals surface area contributed by atoms with Gasteiger partial charge in [0.1, 0.15) is 5.82 Å². The van der Waals surface area contributed by atoms with Gasteiger partial charge in [-0.15, -0.1) is 12.4 Å². The second kappa shape index (κ2) is 7.27. The molecule has 3 unspecified atom stereocenters. The van der Waals surface area contributed by atoms with Gasteiger partial charge in [-0.25, -0.2) is 4.39 Å². The van der Waals surface area contributed by atoms with E-state index in [-0.39, 0.29) is 36.7 Å². The van der Waals surface area contributed by atoms with Crippen LogP contribution in [0.4, 0.5) is 10.1 Å². The van der Waals surface area contributed by atoms with Gasteiger partial charge in [0.05, 0.1) is 5.92 Å². The maximum Gasteiger partial charge on any atom is 0.228 e. The summed E-state index contributed by atoms with van der Waals surface area (Å²) in [4.78, 5) is 24.4. The molecule has 2 aliphatic rings. The summed E-state index contributed by atoms with van der Waals surface area (Å²) in [6.07, 6.45) is 1.11. The van der Waals surface area contributed by atoms with E-state index in [1.165, 1.54) is 12.1 Å². The van der Waals surface area contributed by atoms with E-state index in [1.807, 2.05) is 0 Å². The molecule has 2 amide bonds. The van der Waals surface area contributed by atoms with Crippen LogP contribution in [0.3, 0.4) is 0 Å². The van der Waals surface area contributed by atoms with Crippen molar-refractivity contribution >= 4 is 29.9 Å². The van der Waals surface area contributed by atoms with Gasteiger partial charge in [-0.3, -0.25) is 9.59 Å². The summed E-state index contributed by atoms with van der Waals surface area (Å²) in [5.74, 6) is -1.00. The Labute approximate surface area is 140 Å². The van der Waals surface area contributed by atoms with Crippen molar-refractivity contribution < 1.29 is 14.0 Å². The summed E-state index contributed by atoms with van der Waals surface area (Å²) in [5.41, 5.74) is 1.07. The highest BCUT2D eigenvalue weighted by molar-refractivity contribution is 6.01. The van der Waals surface area contributed by atoms with Crippen LogP contribution in [0, 0.1) is 11.7 Å². The zero-order valence-electron chi connectivity index (χ0n) is 12.9. The maximum atomic E-state index is 13.3. The average Bonchev–Trinajstić information content (AvgIpc) is 2.48. The molecule has 1 saturated heterocycles.